The van der Waals surface area contributed by atoms with Crippen LogP contribution in [0.1, 0.15) is 18.2 Å². The second-order valence-corrected chi connectivity index (χ2v) is 7.30. The van der Waals surface area contributed by atoms with E-state index >= 15 is 0 Å². The average Bonchev–Trinajstić information content (AvgIpc) is 3.33. The maximum Gasteiger partial charge on any atom is 0.226 e. The summed E-state index contributed by atoms with van der Waals surface area (Å²) in [4.78, 5) is 4.49. The van der Waals surface area contributed by atoms with Gasteiger partial charge >= 0.3 is 0 Å². The number of rotatable bonds is 6. The molecule has 2 aromatic carbocycles. The Morgan fingerprint density at radius 3 is 2.64 bits per heavy atom. The molecule has 0 amide bonds. The second-order valence-electron chi connectivity index (χ2n) is 6.36. The summed E-state index contributed by atoms with van der Waals surface area (Å²) in [7, 11) is 0. The van der Waals surface area contributed by atoms with Crippen LogP contribution in [0.25, 0.3) is 22.8 Å². The molecule has 2 heterocycles. The molecule has 0 unspecified atom stereocenters. The summed E-state index contributed by atoms with van der Waals surface area (Å²) < 4.78 is 20.7. The third kappa shape index (κ3) is 3.84. The minimum Gasteiger partial charge on any atom is -0.444 e. The normalized spacial score (nSPS) is 11.1. The molecule has 2 aromatic heterocycles. The Balaban J connectivity index is 1.50. The Kier molecular flexibility index (Phi) is 5.25. The number of hydrogen-bond acceptors (Lipinski definition) is 5. The van der Waals surface area contributed by atoms with Crippen LogP contribution in [0.2, 0.25) is 0 Å². The fourth-order valence-electron chi connectivity index (χ4n) is 2.92. The lowest BCUT2D eigenvalue weighted by molar-refractivity contribution is 0.572. The molecule has 0 saturated carbocycles. The zero-order valence-corrected chi connectivity index (χ0v) is 16.4. The highest BCUT2D eigenvalue weighted by Crippen LogP contribution is 2.27. The van der Waals surface area contributed by atoms with Crippen LogP contribution in [0.15, 0.2) is 64.4 Å². The number of halogens is 1. The highest BCUT2D eigenvalue weighted by molar-refractivity contribution is 7.98. The van der Waals surface area contributed by atoms with Gasteiger partial charge < -0.3 is 8.98 Å². The summed E-state index contributed by atoms with van der Waals surface area (Å²) in [5, 5.41) is 9.58. The van der Waals surface area contributed by atoms with Gasteiger partial charge in [-0.2, -0.15) is 0 Å². The number of benzene rings is 2. The van der Waals surface area contributed by atoms with Crippen LogP contribution in [0.4, 0.5) is 4.39 Å². The molecule has 4 rings (SSSR count). The Morgan fingerprint density at radius 2 is 1.89 bits per heavy atom. The standard InChI is InChI=1S/C21H19FN4OS/c1-3-26-19(16-6-4-5-14(2)11-16)24-25-21(26)28-13-18-12-27-20(23-18)15-7-9-17(22)10-8-15/h4-12H,3,13H2,1-2H3. The summed E-state index contributed by atoms with van der Waals surface area (Å²) in [5.74, 6) is 1.67. The van der Waals surface area contributed by atoms with Gasteiger partial charge in [0.15, 0.2) is 11.0 Å². The first-order valence-corrected chi connectivity index (χ1v) is 9.96. The first-order valence-electron chi connectivity index (χ1n) is 8.97. The number of oxazole rings is 1. The lowest BCUT2D eigenvalue weighted by atomic mass is 10.1. The third-order valence-corrected chi connectivity index (χ3v) is 5.30. The van der Waals surface area contributed by atoms with Crippen molar-refractivity contribution in [2.45, 2.75) is 31.3 Å². The van der Waals surface area contributed by atoms with Crippen LogP contribution in [-0.2, 0) is 12.3 Å². The molecule has 0 aliphatic carbocycles. The molecule has 0 saturated heterocycles. The SMILES string of the molecule is CCn1c(SCc2coc(-c3ccc(F)cc3)n2)nnc1-c1cccc(C)c1. The van der Waals surface area contributed by atoms with Crippen molar-refractivity contribution in [3.05, 3.63) is 71.9 Å². The van der Waals surface area contributed by atoms with Gasteiger partial charge in [0.05, 0.1) is 5.69 Å². The van der Waals surface area contributed by atoms with Gasteiger partial charge in [-0.3, -0.25) is 0 Å². The Hall–Kier alpha value is -2.93. The van der Waals surface area contributed by atoms with Crippen LogP contribution in [0.5, 0.6) is 0 Å². The smallest absolute Gasteiger partial charge is 0.226 e. The van der Waals surface area contributed by atoms with E-state index in [9.17, 15) is 4.39 Å². The lowest BCUT2D eigenvalue weighted by Gasteiger charge is -2.07. The topological polar surface area (TPSA) is 56.7 Å². The van der Waals surface area contributed by atoms with E-state index in [0.29, 0.717) is 11.6 Å². The molecule has 142 valence electrons. The molecule has 0 radical (unpaired) electrons. The lowest BCUT2D eigenvalue weighted by Crippen LogP contribution is -2.00. The van der Waals surface area contributed by atoms with Gasteiger partial charge in [-0.1, -0.05) is 35.5 Å². The van der Waals surface area contributed by atoms with Gasteiger partial charge in [-0.15, -0.1) is 10.2 Å². The number of aryl methyl sites for hydroxylation is 1. The van der Waals surface area contributed by atoms with E-state index < -0.39 is 0 Å². The van der Waals surface area contributed by atoms with Crippen LogP contribution in [0, 0.1) is 12.7 Å². The molecule has 0 bridgehead atoms. The number of nitrogens with zero attached hydrogens (tertiary/aromatic N) is 4. The van der Waals surface area contributed by atoms with Crippen LogP contribution in [0.3, 0.4) is 0 Å². The predicted octanol–water partition coefficient (Wildman–Crippen LogP) is 5.36. The largest absolute Gasteiger partial charge is 0.444 e. The fraction of sp³-hybridized carbons (Fsp3) is 0.190. The predicted molar refractivity (Wildman–Crippen MR) is 107 cm³/mol. The zero-order chi connectivity index (χ0) is 19.5. The second kappa shape index (κ2) is 7.98. The maximum absolute atomic E-state index is 13.1. The average molecular weight is 394 g/mol. The summed E-state index contributed by atoms with van der Waals surface area (Å²) in [6.45, 7) is 4.92. The molecule has 0 fully saturated rings. The molecule has 7 heteroatoms. The van der Waals surface area contributed by atoms with E-state index in [0.717, 1.165) is 34.3 Å². The van der Waals surface area contributed by atoms with Gasteiger partial charge in [-0.25, -0.2) is 9.37 Å². The molecule has 0 spiro atoms. The molecule has 0 atom stereocenters. The highest BCUT2D eigenvalue weighted by Gasteiger charge is 2.14. The molecular formula is C21H19FN4OS. The number of aromatic nitrogens is 4. The van der Waals surface area contributed by atoms with E-state index in [2.05, 4.69) is 45.7 Å². The van der Waals surface area contributed by atoms with Crippen molar-refractivity contribution in [2.75, 3.05) is 0 Å². The van der Waals surface area contributed by atoms with Crippen molar-refractivity contribution in [2.24, 2.45) is 0 Å². The molecule has 0 aliphatic rings. The Morgan fingerprint density at radius 1 is 1.07 bits per heavy atom. The summed E-state index contributed by atoms with van der Waals surface area (Å²) >= 11 is 1.56. The monoisotopic (exact) mass is 394 g/mol. The van der Waals surface area contributed by atoms with Gasteiger partial charge in [0.1, 0.15) is 12.1 Å². The van der Waals surface area contributed by atoms with Crippen molar-refractivity contribution in [3.63, 3.8) is 0 Å². The fourth-order valence-corrected chi connectivity index (χ4v) is 3.79. The van der Waals surface area contributed by atoms with Gasteiger partial charge in [0.25, 0.3) is 0 Å². The van der Waals surface area contributed by atoms with Gasteiger partial charge in [0, 0.05) is 23.4 Å². The summed E-state index contributed by atoms with van der Waals surface area (Å²) in [6, 6.07) is 14.3. The van der Waals surface area contributed by atoms with E-state index in [1.807, 2.05) is 12.1 Å². The van der Waals surface area contributed by atoms with Gasteiger partial charge in [0.2, 0.25) is 5.89 Å². The Bertz CT molecular complexity index is 1090. The van der Waals surface area contributed by atoms with Crippen molar-refractivity contribution in [1.29, 1.82) is 0 Å². The van der Waals surface area contributed by atoms with Crippen molar-refractivity contribution in [1.82, 2.24) is 19.7 Å². The molecule has 0 aliphatic heterocycles. The molecule has 28 heavy (non-hydrogen) atoms. The minimum absolute atomic E-state index is 0.283. The summed E-state index contributed by atoms with van der Waals surface area (Å²) in [5.41, 5.74) is 3.79. The van der Waals surface area contributed by atoms with E-state index in [4.69, 9.17) is 4.42 Å². The van der Waals surface area contributed by atoms with Crippen molar-refractivity contribution in [3.8, 4) is 22.8 Å². The highest BCUT2D eigenvalue weighted by atomic mass is 32.2. The van der Waals surface area contributed by atoms with Crippen LogP contribution >= 0.6 is 11.8 Å². The van der Waals surface area contributed by atoms with E-state index in [1.54, 1.807) is 30.2 Å². The molecular weight excluding hydrogens is 375 g/mol. The van der Waals surface area contributed by atoms with E-state index in [-0.39, 0.29) is 5.82 Å². The van der Waals surface area contributed by atoms with E-state index in [1.165, 1.54) is 17.7 Å². The molecule has 4 aromatic rings. The van der Waals surface area contributed by atoms with Crippen molar-refractivity contribution < 1.29 is 8.81 Å². The quantitative estimate of drug-likeness (QED) is 0.412. The Labute approximate surface area is 166 Å². The van der Waals surface area contributed by atoms with Gasteiger partial charge in [-0.05, 0) is 44.2 Å². The first-order chi connectivity index (χ1) is 13.6. The minimum atomic E-state index is -0.283. The third-order valence-electron chi connectivity index (χ3n) is 4.30. The van der Waals surface area contributed by atoms with Crippen LogP contribution in [-0.4, -0.2) is 19.7 Å². The van der Waals surface area contributed by atoms with Crippen LogP contribution < -0.4 is 0 Å². The maximum atomic E-state index is 13.1. The number of thioether (sulfide) groups is 1. The summed E-state index contributed by atoms with van der Waals surface area (Å²) in [6.07, 6.45) is 1.62. The first kappa shape index (κ1) is 18.4. The zero-order valence-electron chi connectivity index (χ0n) is 15.6. The molecule has 0 N–H and O–H groups in total. The van der Waals surface area contributed by atoms with Crippen molar-refractivity contribution >= 4 is 11.8 Å². The molecule has 5 nitrogen and oxygen atoms in total. The number of hydrogen-bond donors (Lipinski definition) is 0.